The Bertz CT molecular complexity index is 587. The van der Waals surface area contributed by atoms with E-state index in [1.54, 1.807) is 0 Å². The minimum atomic E-state index is 0.298. The van der Waals surface area contributed by atoms with Gasteiger partial charge in [0.2, 0.25) is 0 Å². The van der Waals surface area contributed by atoms with Gasteiger partial charge in [0, 0.05) is 23.8 Å². The van der Waals surface area contributed by atoms with Crippen LogP contribution in [0.4, 0.5) is 0 Å². The lowest BCUT2D eigenvalue weighted by molar-refractivity contribution is 0.455. The highest BCUT2D eigenvalue weighted by Crippen LogP contribution is 2.43. The molecule has 106 valence electrons. The van der Waals surface area contributed by atoms with Gasteiger partial charge in [0.1, 0.15) is 0 Å². The Balaban J connectivity index is 1.91. The maximum atomic E-state index is 4.25. The largest absolute Gasteiger partial charge is 0.314 e. The van der Waals surface area contributed by atoms with Crippen LogP contribution in [0.25, 0.3) is 10.8 Å². The topological polar surface area (TPSA) is 24.9 Å². The second-order valence-electron chi connectivity index (χ2n) is 6.36. The fraction of sp³-hybridized carbons (Fsp3) is 0.500. The Labute approximate surface area is 121 Å². The number of nitrogens with zero attached hydrogens (tertiary/aromatic N) is 1. The standard InChI is InChI=1S/C18H24N2/c1-3-10-20-15-7-9-18(2,12-15)17-6-4-5-14-13-19-11-8-16(14)17/h4-6,8,11,13,15,20H,3,7,9-10,12H2,1-2H3. The first-order valence-electron chi connectivity index (χ1n) is 7.79. The van der Waals surface area contributed by atoms with E-state index in [1.165, 1.54) is 42.0 Å². The molecule has 2 aromatic rings. The monoisotopic (exact) mass is 268 g/mol. The van der Waals surface area contributed by atoms with Crippen molar-refractivity contribution in [2.75, 3.05) is 6.54 Å². The Hall–Kier alpha value is -1.41. The Kier molecular flexibility index (Phi) is 3.75. The SMILES string of the molecule is CCCNC1CCC(C)(c2cccc3cnccc23)C1. The first kappa shape index (κ1) is 13.6. The predicted octanol–water partition coefficient (Wildman–Crippen LogP) is 4.04. The molecule has 1 aliphatic carbocycles. The number of benzene rings is 1. The normalized spacial score (nSPS) is 26.2. The molecule has 0 saturated heterocycles. The molecule has 0 aliphatic heterocycles. The lowest BCUT2D eigenvalue weighted by Gasteiger charge is -2.26. The fourth-order valence-electron chi connectivity index (χ4n) is 3.66. The molecular formula is C18H24N2. The zero-order valence-corrected chi connectivity index (χ0v) is 12.5. The Morgan fingerprint density at radius 3 is 3.10 bits per heavy atom. The smallest absolute Gasteiger partial charge is 0.0346 e. The van der Waals surface area contributed by atoms with E-state index < -0.39 is 0 Å². The lowest BCUT2D eigenvalue weighted by Crippen LogP contribution is -2.29. The zero-order valence-electron chi connectivity index (χ0n) is 12.5. The van der Waals surface area contributed by atoms with Gasteiger partial charge in [-0.1, -0.05) is 32.0 Å². The molecule has 1 N–H and O–H groups in total. The van der Waals surface area contributed by atoms with Crippen molar-refractivity contribution < 1.29 is 0 Å². The van der Waals surface area contributed by atoms with Gasteiger partial charge in [-0.25, -0.2) is 0 Å². The first-order chi connectivity index (χ1) is 9.73. The molecule has 0 radical (unpaired) electrons. The highest BCUT2D eigenvalue weighted by molar-refractivity contribution is 5.85. The summed E-state index contributed by atoms with van der Waals surface area (Å²) in [5.41, 5.74) is 1.80. The number of rotatable bonds is 4. The molecule has 1 aromatic carbocycles. The van der Waals surface area contributed by atoms with E-state index in [0.717, 1.165) is 6.54 Å². The van der Waals surface area contributed by atoms with E-state index in [2.05, 4.69) is 48.4 Å². The number of aromatic nitrogens is 1. The predicted molar refractivity (Wildman–Crippen MR) is 85.0 cm³/mol. The number of fused-ring (bicyclic) bond motifs is 1. The van der Waals surface area contributed by atoms with Crippen molar-refractivity contribution >= 4 is 10.8 Å². The van der Waals surface area contributed by atoms with Gasteiger partial charge in [-0.3, -0.25) is 4.98 Å². The van der Waals surface area contributed by atoms with Gasteiger partial charge in [0.15, 0.2) is 0 Å². The number of hydrogen-bond donors (Lipinski definition) is 1. The maximum Gasteiger partial charge on any atom is 0.0346 e. The van der Waals surface area contributed by atoms with Crippen LogP contribution in [0.2, 0.25) is 0 Å². The third kappa shape index (κ3) is 2.45. The third-order valence-corrected chi connectivity index (χ3v) is 4.76. The van der Waals surface area contributed by atoms with Crippen molar-refractivity contribution in [3.05, 3.63) is 42.2 Å². The Morgan fingerprint density at radius 1 is 1.35 bits per heavy atom. The third-order valence-electron chi connectivity index (χ3n) is 4.76. The van der Waals surface area contributed by atoms with Crippen LogP contribution in [0.5, 0.6) is 0 Å². The van der Waals surface area contributed by atoms with Crippen LogP contribution in [0, 0.1) is 0 Å². The van der Waals surface area contributed by atoms with Gasteiger partial charge in [0.05, 0.1) is 0 Å². The van der Waals surface area contributed by atoms with Crippen molar-refractivity contribution in [3.63, 3.8) is 0 Å². The van der Waals surface area contributed by atoms with Gasteiger partial charge in [-0.2, -0.15) is 0 Å². The molecule has 1 heterocycles. The lowest BCUT2D eigenvalue weighted by atomic mass is 9.78. The van der Waals surface area contributed by atoms with E-state index in [9.17, 15) is 0 Å². The van der Waals surface area contributed by atoms with Gasteiger partial charge in [-0.15, -0.1) is 0 Å². The van der Waals surface area contributed by atoms with Crippen molar-refractivity contribution in [1.82, 2.24) is 10.3 Å². The molecule has 2 nitrogen and oxygen atoms in total. The van der Waals surface area contributed by atoms with E-state index in [-0.39, 0.29) is 0 Å². The Morgan fingerprint density at radius 2 is 2.25 bits per heavy atom. The summed E-state index contributed by atoms with van der Waals surface area (Å²) in [6.07, 6.45) is 8.91. The highest BCUT2D eigenvalue weighted by atomic mass is 14.9. The van der Waals surface area contributed by atoms with Crippen LogP contribution in [0.1, 0.15) is 45.1 Å². The number of pyridine rings is 1. The van der Waals surface area contributed by atoms with Crippen LogP contribution in [-0.2, 0) is 5.41 Å². The van der Waals surface area contributed by atoms with Crippen molar-refractivity contribution in [2.45, 2.75) is 51.0 Å². The second kappa shape index (κ2) is 5.53. The van der Waals surface area contributed by atoms with Crippen molar-refractivity contribution in [3.8, 4) is 0 Å². The average Bonchev–Trinajstić information content (AvgIpc) is 2.87. The summed E-state index contributed by atoms with van der Waals surface area (Å²) < 4.78 is 0. The molecule has 1 aliphatic rings. The maximum absolute atomic E-state index is 4.25. The van der Waals surface area contributed by atoms with Crippen molar-refractivity contribution in [1.29, 1.82) is 0 Å². The molecular weight excluding hydrogens is 244 g/mol. The summed E-state index contributed by atoms with van der Waals surface area (Å²) in [5, 5.41) is 6.33. The van der Waals surface area contributed by atoms with Crippen LogP contribution >= 0.6 is 0 Å². The molecule has 0 amide bonds. The van der Waals surface area contributed by atoms with Crippen LogP contribution in [0.15, 0.2) is 36.7 Å². The van der Waals surface area contributed by atoms with E-state index >= 15 is 0 Å². The summed E-state index contributed by atoms with van der Waals surface area (Å²) in [7, 11) is 0. The fourth-order valence-corrected chi connectivity index (χ4v) is 3.66. The zero-order chi connectivity index (χ0) is 14.0. The molecule has 20 heavy (non-hydrogen) atoms. The molecule has 3 rings (SSSR count). The van der Waals surface area contributed by atoms with E-state index in [0.29, 0.717) is 11.5 Å². The van der Waals surface area contributed by atoms with Crippen molar-refractivity contribution in [2.24, 2.45) is 0 Å². The molecule has 2 heteroatoms. The first-order valence-corrected chi connectivity index (χ1v) is 7.79. The minimum absolute atomic E-state index is 0.298. The van der Waals surface area contributed by atoms with Gasteiger partial charge in [-0.05, 0) is 54.7 Å². The van der Waals surface area contributed by atoms with Gasteiger partial charge >= 0.3 is 0 Å². The summed E-state index contributed by atoms with van der Waals surface area (Å²) in [5.74, 6) is 0. The highest BCUT2D eigenvalue weighted by Gasteiger charge is 2.36. The minimum Gasteiger partial charge on any atom is -0.314 e. The molecule has 0 spiro atoms. The molecule has 2 unspecified atom stereocenters. The van der Waals surface area contributed by atoms with Crippen LogP contribution < -0.4 is 5.32 Å². The van der Waals surface area contributed by atoms with Gasteiger partial charge < -0.3 is 5.32 Å². The van der Waals surface area contributed by atoms with E-state index in [1.807, 2.05) is 12.4 Å². The quantitative estimate of drug-likeness (QED) is 0.905. The molecule has 1 aromatic heterocycles. The van der Waals surface area contributed by atoms with E-state index in [4.69, 9.17) is 0 Å². The number of nitrogens with one attached hydrogen (secondary N) is 1. The molecule has 0 bridgehead atoms. The second-order valence-corrected chi connectivity index (χ2v) is 6.36. The average molecular weight is 268 g/mol. The summed E-state index contributed by atoms with van der Waals surface area (Å²) in [4.78, 5) is 4.25. The molecule has 2 atom stereocenters. The molecule has 1 saturated carbocycles. The summed E-state index contributed by atoms with van der Waals surface area (Å²) in [6.45, 7) is 5.80. The summed E-state index contributed by atoms with van der Waals surface area (Å²) >= 11 is 0. The molecule has 1 fully saturated rings. The number of hydrogen-bond acceptors (Lipinski definition) is 2. The van der Waals surface area contributed by atoms with Gasteiger partial charge in [0.25, 0.3) is 0 Å². The summed E-state index contributed by atoms with van der Waals surface area (Å²) in [6, 6.07) is 9.50. The van der Waals surface area contributed by atoms with Crippen LogP contribution in [0.3, 0.4) is 0 Å². The van der Waals surface area contributed by atoms with Crippen LogP contribution in [-0.4, -0.2) is 17.6 Å².